The van der Waals surface area contributed by atoms with E-state index in [0.29, 0.717) is 19.5 Å². The highest BCUT2D eigenvalue weighted by molar-refractivity contribution is 6.04. The molecule has 11 nitrogen and oxygen atoms in total. The normalized spacial score (nSPS) is 20.1. The molecule has 0 saturated carbocycles. The van der Waals surface area contributed by atoms with Crippen LogP contribution in [-0.2, 0) is 23.8 Å². The molecule has 4 heterocycles. The smallest absolute Gasteiger partial charge is 0.410 e. The van der Waals surface area contributed by atoms with Crippen LogP contribution in [0.15, 0.2) is 65.8 Å². The number of allylic oxidation sites excluding steroid dienone is 1. The van der Waals surface area contributed by atoms with Crippen molar-refractivity contribution in [3.05, 3.63) is 72.2 Å². The van der Waals surface area contributed by atoms with Crippen LogP contribution in [-0.4, -0.2) is 88.5 Å². The van der Waals surface area contributed by atoms with E-state index in [0.717, 1.165) is 81.3 Å². The summed E-state index contributed by atoms with van der Waals surface area (Å²) in [6, 6.07) is 19.0. The summed E-state index contributed by atoms with van der Waals surface area (Å²) in [6.45, 7) is 8.76. The van der Waals surface area contributed by atoms with Gasteiger partial charge in [0.1, 0.15) is 11.4 Å². The molecule has 1 aromatic heterocycles. The molecule has 53 heavy (non-hydrogen) atoms. The van der Waals surface area contributed by atoms with Crippen LogP contribution in [0.4, 0.5) is 4.79 Å². The van der Waals surface area contributed by atoms with Gasteiger partial charge in [0.05, 0.1) is 48.7 Å². The maximum atomic E-state index is 13.7. The van der Waals surface area contributed by atoms with Crippen molar-refractivity contribution in [2.45, 2.75) is 90.0 Å². The van der Waals surface area contributed by atoms with Gasteiger partial charge in [0, 0.05) is 38.5 Å². The zero-order valence-electron chi connectivity index (χ0n) is 31.5. The number of fused-ring (bicyclic) bond motifs is 2. The number of carbonyl (C=O) groups is 3. The summed E-state index contributed by atoms with van der Waals surface area (Å²) in [7, 11) is 2.89. The molecule has 3 aliphatic heterocycles. The van der Waals surface area contributed by atoms with E-state index < -0.39 is 23.6 Å². The van der Waals surface area contributed by atoms with E-state index in [9.17, 15) is 14.4 Å². The van der Waals surface area contributed by atoms with Crippen molar-refractivity contribution in [3.63, 3.8) is 0 Å². The fourth-order valence-electron chi connectivity index (χ4n) is 7.88. The first kappa shape index (κ1) is 36.3. The monoisotopic (exact) mass is 719 g/mol. The molecular formula is C42H49N5O6. The number of amides is 2. The van der Waals surface area contributed by atoms with E-state index >= 15 is 0 Å². The summed E-state index contributed by atoms with van der Waals surface area (Å²) >= 11 is 0. The molecule has 0 spiro atoms. The first-order chi connectivity index (χ1) is 25.4. The van der Waals surface area contributed by atoms with Crippen molar-refractivity contribution in [2.75, 3.05) is 27.3 Å². The number of aromatic nitrogens is 2. The van der Waals surface area contributed by atoms with Gasteiger partial charge in [-0.3, -0.25) is 19.5 Å². The van der Waals surface area contributed by atoms with Crippen molar-refractivity contribution >= 4 is 51.1 Å². The number of methoxy groups -OCH3 is 2. The summed E-state index contributed by atoms with van der Waals surface area (Å²) in [4.78, 5) is 55.6. The molecule has 0 aliphatic carbocycles. The molecule has 11 heteroatoms. The lowest BCUT2D eigenvalue weighted by Crippen LogP contribution is -2.46. The number of ether oxygens (including phenoxy) is 3. The number of rotatable bonds is 9. The summed E-state index contributed by atoms with van der Waals surface area (Å²) < 4.78 is 16.0. The van der Waals surface area contributed by atoms with E-state index in [1.54, 1.807) is 12.0 Å². The Kier molecular flexibility index (Phi) is 10.1. The van der Waals surface area contributed by atoms with Crippen LogP contribution in [0.3, 0.4) is 0 Å². The number of aliphatic imine (C=N–C) groups is 1. The summed E-state index contributed by atoms with van der Waals surface area (Å²) in [5.41, 5.74) is 6.63. The maximum absolute atomic E-state index is 13.7. The Labute approximate surface area is 310 Å². The predicted molar refractivity (Wildman–Crippen MR) is 205 cm³/mol. The van der Waals surface area contributed by atoms with Crippen LogP contribution in [0, 0.1) is 5.92 Å². The lowest BCUT2D eigenvalue weighted by atomic mass is 9.94. The van der Waals surface area contributed by atoms with E-state index in [-0.39, 0.29) is 30.5 Å². The number of imidazole rings is 1. The number of nitrogens with zero attached hydrogens (tertiary/aromatic N) is 4. The highest BCUT2D eigenvalue weighted by Crippen LogP contribution is 2.36. The fourth-order valence-corrected chi connectivity index (χ4v) is 7.88. The predicted octanol–water partition coefficient (Wildman–Crippen LogP) is 7.85. The number of carbonyl (C=O) groups excluding carboxylic acids is 3. The standard InChI is InChI=1S/C42H49N5O6/c1-25(51-5)32(23-38(48)52-6)40(49)46-17-7-9-36(46)35-22-31(24-43-35)29-14-13-26-19-28(12-11-27(26)20-29)30-15-16-33-34(21-30)45-39(44-33)37-10-8-18-47(37)41(50)53-42(2,3)4/h11-16,19-21,24-25,32,36-37H,7-10,17-18,22-23H2,1-6H3,(H,44,45)/t25-,32+,36+,37+/m1/s1. The largest absolute Gasteiger partial charge is 0.469 e. The Bertz CT molecular complexity index is 2110. The van der Waals surface area contributed by atoms with Gasteiger partial charge in [-0.05, 0) is 111 Å². The minimum absolute atomic E-state index is 0.0162. The molecule has 2 amide bonds. The first-order valence-electron chi connectivity index (χ1n) is 18.6. The molecule has 4 atom stereocenters. The Morgan fingerprint density at radius 1 is 0.887 bits per heavy atom. The number of esters is 1. The van der Waals surface area contributed by atoms with Crippen LogP contribution >= 0.6 is 0 Å². The van der Waals surface area contributed by atoms with E-state index in [2.05, 4.69) is 53.5 Å². The van der Waals surface area contributed by atoms with Crippen molar-refractivity contribution in [1.82, 2.24) is 19.8 Å². The molecule has 0 radical (unpaired) electrons. The number of H-pyrrole nitrogens is 1. The number of aromatic amines is 1. The Morgan fingerprint density at radius 2 is 1.55 bits per heavy atom. The lowest BCUT2D eigenvalue weighted by Gasteiger charge is -2.31. The fraction of sp³-hybridized carbons (Fsp3) is 0.452. The summed E-state index contributed by atoms with van der Waals surface area (Å²) in [5, 5.41) is 2.26. The van der Waals surface area contributed by atoms with Crippen LogP contribution < -0.4 is 0 Å². The molecule has 2 fully saturated rings. The van der Waals surface area contributed by atoms with Crippen LogP contribution in [0.25, 0.3) is 38.5 Å². The summed E-state index contributed by atoms with van der Waals surface area (Å²) in [5.74, 6) is -0.332. The highest BCUT2D eigenvalue weighted by atomic mass is 16.6. The second-order valence-corrected chi connectivity index (χ2v) is 15.4. The molecular weight excluding hydrogens is 670 g/mol. The van der Waals surface area contributed by atoms with Gasteiger partial charge in [-0.2, -0.15) is 0 Å². The number of likely N-dealkylation sites (tertiary alicyclic amines) is 2. The topological polar surface area (TPSA) is 126 Å². The van der Waals surface area contributed by atoms with Gasteiger partial charge in [-0.15, -0.1) is 0 Å². The number of nitrogens with one attached hydrogen (secondary N) is 1. The van der Waals surface area contributed by atoms with Gasteiger partial charge < -0.3 is 24.1 Å². The lowest BCUT2D eigenvalue weighted by molar-refractivity contribution is -0.150. The van der Waals surface area contributed by atoms with E-state index in [1.165, 1.54) is 7.11 Å². The molecule has 3 aromatic carbocycles. The molecule has 278 valence electrons. The van der Waals surface area contributed by atoms with Crippen molar-refractivity contribution in [2.24, 2.45) is 10.9 Å². The third-order valence-corrected chi connectivity index (χ3v) is 10.8. The zero-order valence-corrected chi connectivity index (χ0v) is 31.5. The van der Waals surface area contributed by atoms with Crippen LogP contribution in [0.1, 0.15) is 83.6 Å². The third kappa shape index (κ3) is 7.58. The second-order valence-electron chi connectivity index (χ2n) is 15.4. The van der Waals surface area contributed by atoms with Gasteiger partial charge in [-0.1, -0.05) is 30.3 Å². The van der Waals surface area contributed by atoms with Gasteiger partial charge in [0.25, 0.3) is 0 Å². The van der Waals surface area contributed by atoms with Gasteiger partial charge in [0.2, 0.25) is 5.91 Å². The Hall–Kier alpha value is -5.03. The van der Waals surface area contributed by atoms with Crippen LogP contribution in [0.2, 0.25) is 0 Å². The minimum atomic E-state index is -0.611. The van der Waals surface area contributed by atoms with Crippen molar-refractivity contribution in [3.8, 4) is 11.1 Å². The SMILES string of the molecule is COC(=O)C[C@H](C(=O)N1CCC[C@H]1C1=NC=C(c2ccc3cc(-c4ccc5nc([C@@H]6CCCN6C(=O)OC(C)(C)C)[nH]c5c4)ccc3c2)C1)[C@@H](C)OC. The van der Waals surface area contributed by atoms with Crippen molar-refractivity contribution < 1.29 is 28.6 Å². The van der Waals surface area contributed by atoms with Gasteiger partial charge >= 0.3 is 12.1 Å². The van der Waals surface area contributed by atoms with Crippen LogP contribution in [0.5, 0.6) is 0 Å². The Balaban J connectivity index is 1.04. The zero-order chi connectivity index (χ0) is 37.4. The third-order valence-electron chi connectivity index (χ3n) is 10.8. The quantitative estimate of drug-likeness (QED) is 0.175. The number of hydrogen-bond donors (Lipinski definition) is 1. The van der Waals surface area contributed by atoms with Gasteiger partial charge in [-0.25, -0.2) is 9.78 Å². The molecule has 1 N–H and O–H groups in total. The molecule has 0 unspecified atom stereocenters. The van der Waals surface area contributed by atoms with Crippen molar-refractivity contribution in [1.29, 1.82) is 0 Å². The van der Waals surface area contributed by atoms with Gasteiger partial charge in [0.15, 0.2) is 0 Å². The molecule has 7 rings (SSSR count). The van der Waals surface area contributed by atoms with E-state index in [4.69, 9.17) is 24.2 Å². The first-order valence-corrected chi connectivity index (χ1v) is 18.6. The average Bonchev–Trinajstić information content (AvgIpc) is 3.97. The number of benzene rings is 3. The Morgan fingerprint density at radius 3 is 2.26 bits per heavy atom. The molecule has 3 aliphatic rings. The highest BCUT2D eigenvalue weighted by Gasteiger charge is 2.40. The molecule has 2 saturated heterocycles. The number of hydrogen-bond acceptors (Lipinski definition) is 8. The average molecular weight is 720 g/mol. The maximum Gasteiger partial charge on any atom is 0.410 e. The molecule has 0 bridgehead atoms. The van der Waals surface area contributed by atoms with E-state index in [1.807, 2.05) is 44.9 Å². The minimum Gasteiger partial charge on any atom is -0.469 e. The molecule has 4 aromatic rings. The second kappa shape index (κ2) is 14.8. The summed E-state index contributed by atoms with van der Waals surface area (Å²) in [6.07, 6.45) is 5.35.